The van der Waals surface area contributed by atoms with Gasteiger partial charge in [-0.15, -0.1) is 0 Å². The topological polar surface area (TPSA) is 47.6 Å². The maximum atomic E-state index is 11.0. The minimum atomic E-state index is -0.255. The molecule has 0 fully saturated rings. The van der Waals surface area contributed by atoms with Crippen molar-refractivity contribution < 1.29 is 14.3 Å². The summed E-state index contributed by atoms with van der Waals surface area (Å²) < 4.78 is 10.3. The van der Waals surface area contributed by atoms with Gasteiger partial charge in [-0.2, -0.15) is 0 Å². The lowest BCUT2D eigenvalue weighted by Crippen LogP contribution is -2.20. The summed E-state index contributed by atoms with van der Waals surface area (Å²) >= 11 is 0. The van der Waals surface area contributed by atoms with Gasteiger partial charge in [0.15, 0.2) is 0 Å². The Kier molecular flexibility index (Phi) is 6.97. The van der Waals surface area contributed by atoms with Crippen molar-refractivity contribution in [2.75, 3.05) is 20.3 Å². The summed E-state index contributed by atoms with van der Waals surface area (Å²) in [4.78, 5) is 11.0. The quantitative estimate of drug-likeness (QED) is 0.734. The lowest BCUT2D eigenvalue weighted by Gasteiger charge is -2.17. The molecule has 1 rings (SSSR count). The van der Waals surface area contributed by atoms with Gasteiger partial charge in [-0.05, 0) is 26.0 Å². The third kappa shape index (κ3) is 5.30. The van der Waals surface area contributed by atoms with E-state index in [1.165, 1.54) is 7.11 Å². The van der Waals surface area contributed by atoms with Gasteiger partial charge in [0.05, 0.1) is 20.1 Å². The van der Waals surface area contributed by atoms with Crippen LogP contribution in [0.1, 0.15) is 38.3 Å². The molecule has 0 saturated heterocycles. The van der Waals surface area contributed by atoms with Gasteiger partial charge in [-0.3, -0.25) is 4.79 Å². The van der Waals surface area contributed by atoms with Crippen LogP contribution in [0.25, 0.3) is 0 Å². The highest BCUT2D eigenvalue weighted by molar-refractivity contribution is 5.69. The van der Waals surface area contributed by atoms with Crippen LogP contribution in [0.4, 0.5) is 0 Å². The summed E-state index contributed by atoms with van der Waals surface area (Å²) in [7, 11) is 1.38. The van der Waals surface area contributed by atoms with Crippen molar-refractivity contribution in [3.05, 3.63) is 29.8 Å². The van der Waals surface area contributed by atoms with Crippen molar-refractivity contribution in [1.29, 1.82) is 0 Å². The number of ether oxygens (including phenoxy) is 2. The molecule has 1 aromatic carbocycles. The van der Waals surface area contributed by atoms with E-state index in [2.05, 4.69) is 23.9 Å². The molecule has 4 heteroatoms. The average molecular weight is 265 g/mol. The number of hydrogen-bond acceptors (Lipinski definition) is 4. The van der Waals surface area contributed by atoms with Crippen LogP contribution < -0.4 is 10.1 Å². The number of rotatable bonds is 8. The molecule has 1 aromatic rings. The number of carbonyl (C=O) groups is 1. The molecule has 0 heterocycles. The molecule has 19 heavy (non-hydrogen) atoms. The number of carbonyl (C=O) groups excluding carboxylic acids is 1. The molecule has 1 unspecified atom stereocenters. The third-order valence-corrected chi connectivity index (χ3v) is 2.88. The van der Waals surface area contributed by atoms with Crippen LogP contribution in [-0.2, 0) is 9.53 Å². The summed E-state index contributed by atoms with van der Waals surface area (Å²) in [5.74, 6) is 0.567. The zero-order chi connectivity index (χ0) is 14.1. The van der Waals surface area contributed by atoms with Gasteiger partial charge in [0.25, 0.3) is 0 Å². The minimum Gasteiger partial charge on any atom is -0.493 e. The van der Waals surface area contributed by atoms with E-state index in [-0.39, 0.29) is 18.4 Å². The molecule has 0 aromatic heterocycles. The van der Waals surface area contributed by atoms with Crippen LogP contribution in [0.2, 0.25) is 0 Å². The van der Waals surface area contributed by atoms with Crippen molar-refractivity contribution in [1.82, 2.24) is 5.32 Å². The highest BCUT2D eigenvalue weighted by atomic mass is 16.5. The van der Waals surface area contributed by atoms with Crippen molar-refractivity contribution in [2.24, 2.45) is 0 Å². The van der Waals surface area contributed by atoms with Crippen molar-refractivity contribution >= 4 is 5.97 Å². The van der Waals surface area contributed by atoms with Gasteiger partial charge in [0.1, 0.15) is 5.75 Å². The second-order valence-electron chi connectivity index (χ2n) is 4.39. The molecule has 1 atom stereocenters. The molecule has 0 aliphatic heterocycles. The normalized spacial score (nSPS) is 11.9. The highest BCUT2D eigenvalue weighted by Crippen LogP contribution is 2.24. The van der Waals surface area contributed by atoms with Gasteiger partial charge in [0.2, 0.25) is 0 Å². The zero-order valence-corrected chi connectivity index (χ0v) is 11.9. The first-order valence-electron chi connectivity index (χ1n) is 6.71. The molecule has 0 spiro atoms. The Morgan fingerprint density at radius 3 is 2.79 bits per heavy atom. The van der Waals surface area contributed by atoms with E-state index >= 15 is 0 Å². The lowest BCUT2D eigenvalue weighted by molar-refractivity contribution is -0.141. The average Bonchev–Trinajstić information content (AvgIpc) is 2.45. The second kappa shape index (κ2) is 8.53. The minimum absolute atomic E-state index is 0.231. The van der Waals surface area contributed by atoms with Crippen LogP contribution in [0.15, 0.2) is 24.3 Å². The number of nitrogens with one attached hydrogen (secondary N) is 1. The second-order valence-corrected chi connectivity index (χ2v) is 4.39. The summed E-state index contributed by atoms with van der Waals surface area (Å²) in [6.07, 6.45) is 1.36. The molecule has 0 bridgehead atoms. The maximum absolute atomic E-state index is 11.0. The van der Waals surface area contributed by atoms with E-state index in [0.717, 1.165) is 24.3 Å². The molecule has 0 radical (unpaired) electrons. The Hall–Kier alpha value is -1.55. The van der Waals surface area contributed by atoms with E-state index in [0.29, 0.717) is 6.61 Å². The zero-order valence-electron chi connectivity index (χ0n) is 11.9. The standard InChI is InChI=1S/C15H23NO3/c1-4-10-16-12(2)13-7-5-6-8-14(13)19-11-9-15(17)18-3/h5-8,12,16H,4,9-11H2,1-3H3. The van der Waals surface area contributed by atoms with Crippen LogP contribution in [0.3, 0.4) is 0 Å². The van der Waals surface area contributed by atoms with Gasteiger partial charge in [-0.1, -0.05) is 25.1 Å². The largest absolute Gasteiger partial charge is 0.493 e. The van der Waals surface area contributed by atoms with Gasteiger partial charge in [-0.25, -0.2) is 0 Å². The van der Waals surface area contributed by atoms with E-state index in [4.69, 9.17) is 4.74 Å². The Balaban J connectivity index is 2.59. The number of para-hydroxylation sites is 1. The summed E-state index contributed by atoms with van der Waals surface area (Å²) in [5, 5.41) is 3.43. The van der Waals surface area contributed by atoms with Crippen molar-refractivity contribution in [3.63, 3.8) is 0 Å². The first-order chi connectivity index (χ1) is 9.19. The maximum Gasteiger partial charge on any atom is 0.308 e. The smallest absolute Gasteiger partial charge is 0.308 e. The first-order valence-corrected chi connectivity index (χ1v) is 6.71. The van der Waals surface area contributed by atoms with Gasteiger partial charge >= 0.3 is 5.97 Å². The highest BCUT2D eigenvalue weighted by Gasteiger charge is 2.10. The Labute approximate surface area is 115 Å². The predicted molar refractivity (Wildman–Crippen MR) is 75.3 cm³/mol. The van der Waals surface area contributed by atoms with E-state index in [1.54, 1.807) is 0 Å². The van der Waals surface area contributed by atoms with E-state index in [9.17, 15) is 4.79 Å². The molecule has 0 amide bonds. The molecule has 0 saturated carbocycles. The molecular weight excluding hydrogens is 242 g/mol. The Bertz CT molecular complexity index is 393. The molecule has 0 aliphatic carbocycles. The third-order valence-electron chi connectivity index (χ3n) is 2.88. The van der Waals surface area contributed by atoms with E-state index in [1.807, 2.05) is 24.3 Å². The number of esters is 1. The molecular formula is C15H23NO3. The van der Waals surface area contributed by atoms with Crippen LogP contribution in [0, 0.1) is 0 Å². The SMILES string of the molecule is CCCNC(C)c1ccccc1OCCC(=O)OC. The summed E-state index contributed by atoms with van der Waals surface area (Å²) in [5.41, 5.74) is 1.11. The van der Waals surface area contributed by atoms with Crippen molar-refractivity contribution in [3.8, 4) is 5.75 Å². The molecule has 4 nitrogen and oxygen atoms in total. The monoisotopic (exact) mass is 265 g/mol. The van der Waals surface area contributed by atoms with Gasteiger partial charge < -0.3 is 14.8 Å². The predicted octanol–water partition coefficient (Wildman–Crippen LogP) is 2.69. The van der Waals surface area contributed by atoms with Crippen LogP contribution in [0.5, 0.6) is 5.75 Å². The van der Waals surface area contributed by atoms with E-state index < -0.39 is 0 Å². The Morgan fingerprint density at radius 1 is 1.37 bits per heavy atom. The first kappa shape index (κ1) is 15.5. The molecule has 106 valence electrons. The lowest BCUT2D eigenvalue weighted by atomic mass is 10.1. The molecule has 1 N–H and O–H groups in total. The number of hydrogen-bond donors (Lipinski definition) is 1. The molecule has 0 aliphatic rings. The fraction of sp³-hybridized carbons (Fsp3) is 0.533. The van der Waals surface area contributed by atoms with Gasteiger partial charge in [0, 0.05) is 11.6 Å². The summed E-state index contributed by atoms with van der Waals surface area (Å²) in [6, 6.07) is 8.13. The fourth-order valence-corrected chi connectivity index (χ4v) is 1.79. The number of methoxy groups -OCH3 is 1. The van der Waals surface area contributed by atoms with Crippen LogP contribution in [-0.4, -0.2) is 26.2 Å². The summed E-state index contributed by atoms with van der Waals surface area (Å²) in [6.45, 7) is 5.55. The Morgan fingerprint density at radius 2 is 2.11 bits per heavy atom. The fourth-order valence-electron chi connectivity index (χ4n) is 1.79. The number of benzene rings is 1. The van der Waals surface area contributed by atoms with Crippen molar-refractivity contribution in [2.45, 2.75) is 32.7 Å². The van der Waals surface area contributed by atoms with Crippen LogP contribution >= 0.6 is 0 Å².